The first-order valence-electron chi connectivity index (χ1n) is 6.85. The lowest BCUT2D eigenvalue weighted by Crippen LogP contribution is -2.19. The highest BCUT2D eigenvalue weighted by atomic mass is 16.1. The summed E-state index contributed by atoms with van der Waals surface area (Å²) < 4.78 is 0. The van der Waals surface area contributed by atoms with Crippen molar-refractivity contribution in [2.75, 3.05) is 24.3 Å². The number of hydrogen-bond donors (Lipinski definition) is 1. The minimum Gasteiger partial charge on any atom is -0.378 e. The second-order valence-corrected chi connectivity index (χ2v) is 5.41. The van der Waals surface area contributed by atoms with Gasteiger partial charge >= 0.3 is 0 Å². The summed E-state index contributed by atoms with van der Waals surface area (Å²) in [7, 11) is 4.04. The van der Waals surface area contributed by atoms with Gasteiger partial charge in [0.05, 0.1) is 0 Å². The Labute approximate surface area is 115 Å². The first-order chi connectivity index (χ1) is 9.08. The van der Waals surface area contributed by atoms with Gasteiger partial charge in [0.15, 0.2) is 5.78 Å². The minimum atomic E-state index is 0.179. The van der Waals surface area contributed by atoms with Crippen LogP contribution in [0.15, 0.2) is 36.0 Å². The predicted molar refractivity (Wildman–Crippen MR) is 80.5 cm³/mol. The molecule has 1 aliphatic carbocycles. The zero-order valence-corrected chi connectivity index (χ0v) is 11.9. The Morgan fingerprint density at radius 1 is 1.26 bits per heavy atom. The van der Waals surface area contributed by atoms with Gasteiger partial charge in [0.1, 0.15) is 0 Å². The number of rotatable bonds is 3. The molecule has 0 aliphatic heterocycles. The largest absolute Gasteiger partial charge is 0.378 e. The van der Waals surface area contributed by atoms with E-state index < -0.39 is 0 Å². The van der Waals surface area contributed by atoms with Crippen LogP contribution in [-0.4, -0.2) is 19.9 Å². The van der Waals surface area contributed by atoms with Crippen LogP contribution >= 0.6 is 0 Å². The third-order valence-corrected chi connectivity index (χ3v) is 3.64. The Kier molecular flexibility index (Phi) is 4.25. The summed E-state index contributed by atoms with van der Waals surface area (Å²) >= 11 is 0. The maximum atomic E-state index is 12.0. The highest BCUT2D eigenvalue weighted by Gasteiger charge is 2.22. The second kappa shape index (κ2) is 5.91. The van der Waals surface area contributed by atoms with E-state index in [9.17, 15) is 4.79 Å². The number of ketones is 1. The van der Waals surface area contributed by atoms with Crippen LogP contribution in [0.4, 0.5) is 11.4 Å². The Morgan fingerprint density at radius 2 is 1.95 bits per heavy atom. The molecule has 102 valence electrons. The van der Waals surface area contributed by atoms with E-state index >= 15 is 0 Å². The van der Waals surface area contributed by atoms with Gasteiger partial charge in [-0.3, -0.25) is 4.79 Å². The average Bonchev–Trinajstić information content (AvgIpc) is 2.41. The Balaban J connectivity index is 2.03. The van der Waals surface area contributed by atoms with Gasteiger partial charge in [-0.05, 0) is 43.5 Å². The molecule has 1 N–H and O–H groups in total. The molecule has 1 fully saturated rings. The summed E-state index contributed by atoms with van der Waals surface area (Å²) in [5.74, 6) is 0.474. The highest BCUT2D eigenvalue weighted by Crippen LogP contribution is 2.25. The summed E-state index contributed by atoms with van der Waals surface area (Å²) in [5.41, 5.74) is 3.11. The standard InChI is InChI=1S/C16H22N2O/c1-12-5-4-6-13(16(12)19)11-17-14-7-9-15(10-8-14)18(2)3/h7-12,17H,4-6H2,1-3H3/b13-11-/t12-/m1/s1. The molecular formula is C16H22N2O. The fourth-order valence-corrected chi connectivity index (χ4v) is 2.34. The van der Waals surface area contributed by atoms with E-state index in [1.807, 2.05) is 39.4 Å². The summed E-state index contributed by atoms with van der Waals surface area (Å²) in [6, 6.07) is 8.19. The summed E-state index contributed by atoms with van der Waals surface area (Å²) in [6.45, 7) is 2.02. The molecule has 0 radical (unpaired) electrons. The van der Waals surface area contributed by atoms with E-state index in [0.29, 0.717) is 5.78 Å². The van der Waals surface area contributed by atoms with Gasteiger partial charge in [0.25, 0.3) is 0 Å². The van der Waals surface area contributed by atoms with Crippen molar-refractivity contribution in [2.45, 2.75) is 26.2 Å². The Hall–Kier alpha value is -1.77. The van der Waals surface area contributed by atoms with E-state index in [4.69, 9.17) is 0 Å². The molecule has 1 aromatic rings. The van der Waals surface area contributed by atoms with Crippen LogP contribution in [0.1, 0.15) is 26.2 Å². The lowest BCUT2D eigenvalue weighted by molar-refractivity contribution is -0.119. The third-order valence-electron chi connectivity index (χ3n) is 3.64. The Bertz CT molecular complexity index is 474. The fourth-order valence-electron chi connectivity index (χ4n) is 2.34. The quantitative estimate of drug-likeness (QED) is 0.843. The average molecular weight is 258 g/mol. The number of carbonyl (C=O) groups is 1. The van der Waals surface area contributed by atoms with Crippen LogP contribution < -0.4 is 10.2 Å². The van der Waals surface area contributed by atoms with Crippen LogP contribution in [0.25, 0.3) is 0 Å². The Morgan fingerprint density at radius 3 is 2.58 bits per heavy atom. The van der Waals surface area contributed by atoms with Crippen LogP contribution in [0.2, 0.25) is 0 Å². The van der Waals surface area contributed by atoms with Gasteiger partial charge in [-0.1, -0.05) is 6.92 Å². The summed E-state index contributed by atoms with van der Waals surface area (Å²) in [4.78, 5) is 14.0. The van der Waals surface area contributed by atoms with Gasteiger partial charge in [-0.2, -0.15) is 0 Å². The molecule has 0 amide bonds. The molecule has 3 heteroatoms. The first-order valence-corrected chi connectivity index (χ1v) is 6.85. The van der Waals surface area contributed by atoms with Crippen molar-refractivity contribution in [2.24, 2.45) is 5.92 Å². The molecule has 0 bridgehead atoms. The lowest BCUT2D eigenvalue weighted by Gasteiger charge is -2.19. The molecule has 1 aromatic carbocycles. The molecule has 1 atom stereocenters. The predicted octanol–water partition coefficient (Wildman–Crippen LogP) is 3.44. The molecule has 1 aliphatic rings. The number of allylic oxidation sites excluding steroid dienone is 1. The van der Waals surface area contributed by atoms with Crippen molar-refractivity contribution in [3.8, 4) is 0 Å². The molecule has 3 nitrogen and oxygen atoms in total. The molecule has 19 heavy (non-hydrogen) atoms. The van der Waals surface area contributed by atoms with E-state index in [0.717, 1.165) is 30.5 Å². The van der Waals surface area contributed by atoms with Crippen LogP contribution in [-0.2, 0) is 4.79 Å². The van der Waals surface area contributed by atoms with Crippen molar-refractivity contribution in [1.82, 2.24) is 0 Å². The van der Waals surface area contributed by atoms with Gasteiger partial charge in [-0.15, -0.1) is 0 Å². The van der Waals surface area contributed by atoms with E-state index in [2.05, 4.69) is 22.3 Å². The topological polar surface area (TPSA) is 32.3 Å². The maximum Gasteiger partial charge on any atom is 0.163 e. The number of nitrogens with one attached hydrogen (secondary N) is 1. The van der Waals surface area contributed by atoms with Crippen LogP contribution in [0.3, 0.4) is 0 Å². The highest BCUT2D eigenvalue weighted by molar-refractivity contribution is 5.97. The number of carbonyl (C=O) groups excluding carboxylic acids is 1. The van der Waals surface area contributed by atoms with Crippen molar-refractivity contribution in [3.63, 3.8) is 0 Å². The van der Waals surface area contributed by atoms with Crippen molar-refractivity contribution < 1.29 is 4.79 Å². The number of benzene rings is 1. The molecule has 0 saturated heterocycles. The molecular weight excluding hydrogens is 236 g/mol. The first kappa shape index (κ1) is 13.7. The molecule has 0 heterocycles. The van der Waals surface area contributed by atoms with Crippen molar-refractivity contribution in [3.05, 3.63) is 36.0 Å². The molecule has 0 spiro atoms. The monoisotopic (exact) mass is 258 g/mol. The smallest absolute Gasteiger partial charge is 0.163 e. The van der Waals surface area contributed by atoms with Crippen molar-refractivity contribution >= 4 is 17.2 Å². The number of hydrogen-bond acceptors (Lipinski definition) is 3. The number of anilines is 2. The third kappa shape index (κ3) is 3.37. The van der Waals surface area contributed by atoms with Gasteiger partial charge in [0, 0.05) is 43.2 Å². The fraction of sp³-hybridized carbons (Fsp3) is 0.438. The van der Waals surface area contributed by atoms with Crippen LogP contribution in [0.5, 0.6) is 0 Å². The van der Waals surface area contributed by atoms with Crippen molar-refractivity contribution in [1.29, 1.82) is 0 Å². The van der Waals surface area contributed by atoms with Crippen LogP contribution in [0, 0.1) is 5.92 Å². The van der Waals surface area contributed by atoms with E-state index in [1.165, 1.54) is 5.69 Å². The van der Waals surface area contributed by atoms with Gasteiger partial charge < -0.3 is 10.2 Å². The van der Waals surface area contributed by atoms with Gasteiger partial charge in [0.2, 0.25) is 0 Å². The van der Waals surface area contributed by atoms with E-state index in [1.54, 1.807) is 0 Å². The SMILES string of the molecule is C[C@@H]1CCC/C(=C/Nc2ccc(N(C)C)cc2)C1=O. The minimum absolute atomic E-state index is 0.179. The molecule has 1 saturated carbocycles. The van der Waals surface area contributed by atoms with E-state index in [-0.39, 0.29) is 5.92 Å². The molecule has 0 unspecified atom stereocenters. The maximum absolute atomic E-state index is 12.0. The zero-order valence-electron chi connectivity index (χ0n) is 11.9. The lowest BCUT2D eigenvalue weighted by atomic mass is 9.86. The number of Topliss-reactive ketones (excluding diaryl/α,β-unsaturated/α-hetero) is 1. The molecule has 2 rings (SSSR count). The van der Waals surface area contributed by atoms with Gasteiger partial charge in [-0.25, -0.2) is 0 Å². The summed E-state index contributed by atoms with van der Waals surface area (Å²) in [6.07, 6.45) is 4.91. The summed E-state index contributed by atoms with van der Waals surface area (Å²) in [5, 5.41) is 3.23. The second-order valence-electron chi connectivity index (χ2n) is 5.41. The number of nitrogens with zero attached hydrogens (tertiary/aromatic N) is 1. The zero-order chi connectivity index (χ0) is 13.8. The normalized spacial score (nSPS) is 21.5. The molecule has 0 aromatic heterocycles.